The molecule has 30 heavy (non-hydrogen) atoms. The molecule has 1 N–H and O–H groups in total. The number of hydrogen-bond donors (Lipinski definition) is 1. The Kier molecular flexibility index (Phi) is 5.88. The molecular weight excluding hydrogens is 425 g/mol. The number of aromatic nitrogens is 2. The Labute approximate surface area is 174 Å². The number of benzene rings is 2. The number of alkyl halides is 3. The largest absolute Gasteiger partial charge is 0.497 e. The molecule has 2 aromatic carbocycles. The standard InChI is InChI=1S/C19H16ClF3N4O3/c1-26-8-7-24-18(26)17(11-3-5-12(30-2)6-4-11)25-15-10-14(20)13(19(21,22)23)9-16(15)27(28)29/h3-10,17,25H,1-2H3/t17-/m1/s1. The molecule has 11 heteroatoms. The Bertz CT molecular complexity index is 1070. The SMILES string of the molecule is COc1ccc([C@@H](Nc2cc(Cl)c(C(F)(F)F)cc2[N+](=O)[O-])c2nccn2C)cc1. The van der Waals surface area contributed by atoms with Gasteiger partial charge in [-0.05, 0) is 23.8 Å². The fourth-order valence-electron chi connectivity index (χ4n) is 2.95. The highest BCUT2D eigenvalue weighted by atomic mass is 35.5. The third-order valence-corrected chi connectivity index (χ3v) is 4.77. The highest BCUT2D eigenvalue weighted by Crippen LogP contribution is 2.41. The Morgan fingerprint density at radius 1 is 1.27 bits per heavy atom. The van der Waals surface area contributed by atoms with Crippen LogP contribution >= 0.6 is 11.6 Å². The molecule has 0 amide bonds. The second-order valence-electron chi connectivity index (χ2n) is 6.35. The molecule has 0 saturated heterocycles. The number of hydrogen-bond acceptors (Lipinski definition) is 5. The molecule has 7 nitrogen and oxygen atoms in total. The third kappa shape index (κ3) is 4.33. The number of anilines is 1. The van der Waals surface area contributed by atoms with Crippen molar-refractivity contribution in [2.45, 2.75) is 12.2 Å². The summed E-state index contributed by atoms with van der Waals surface area (Å²) in [5.41, 5.74) is -1.53. The van der Waals surface area contributed by atoms with Gasteiger partial charge in [0, 0.05) is 25.5 Å². The smallest absolute Gasteiger partial charge is 0.418 e. The number of nitrogens with one attached hydrogen (secondary N) is 1. The predicted octanol–water partition coefficient (Wildman–Crippen LogP) is 5.21. The number of nitrogens with zero attached hydrogens (tertiary/aromatic N) is 3. The highest BCUT2D eigenvalue weighted by Gasteiger charge is 2.36. The predicted molar refractivity (Wildman–Crippen MR) is 105 cm³/mol. The van der Waals surface area contributed by atoms with Crippen molar-refractivity contribution in [3.63, 3.8) is 0 Å². The summed E-state index contributed by atoms with van der Waals surface area (Å²) in [6, 6.07) is 7.46. The molecular formula is C19H16ClF3N4O3. The first-order valence-electron chi connectivity index (χ1n) is 8.54. The van der Waals surface area contributed by atoms with Gasteiger partial charge >= 0.3 is 6.18 Å². The number of rotatable bonds is 6. The summed E-state index contributed by atoms with van der Waals surface area (Å²) in [5.74, 6) is 1.09. The maximum atomic E-state index is 13.1. The Morgan fingerprint density at radius 3 is 2.43 bits per heavy atom. The lowest BCUT2D eigenvalue weighted by Crippen LogP contribution is -2.18. The minimum absolute atomic E-state index is 0.165. The monoisotopic (exact) mass is 440 g/mol. The van der Waals surface area contributed by atoms with Gasteiger partial charge < -0.3 is 14.6 Å². The molecule has 0 aliphatic carbocycles. The van der Waals surface area contributed by atoms with E-state index in [0.717, 1.165) is 6.07 Å². The number of ether oxygens (including phenoxy) is 1. The second-order valence-corrected chi connectivity index (χ2v) is 6.76. The van der Waals surface area contributed by atoms with Gasteiger partial charge in [-0.2, -0.15) is 13.2 Å². The molecule has 158 valence electrons. The average molecular weight is 441 g/mol. The third-order valence-electron chi connectivity index (χ3n) is 4.45. The van der Waals surface area contributed by atoms with Gasteiger partial charge in [0.05, 0.1) is 22.6 Å². The van der Waals surface area contributed by atoms with Gasteiger partial charge in [-0.3, -0.25) is 10.1 Å². The molecule has 0 saturated carbocycles. The van der Waals surface area contributed by atoms with Crippen LogP contribution in [-0.4, -0.2) is 21.6 Å². The lowest BCUT2D eigenvalue weighted by atomic mass is 10.0. The first kappa shape index (κ1) is 21.4. The molecule has 0 radical (unpaired) electrons. The topological polar surface area (TPSA) is 82.2 Å². The van der Waals surface area contributed by atoms with Crippen LogP contribution in [0.2, 0.25) is 5.02 Å². The van der Waals surface area contributed by atoms with E-state index < -0.39 is 33.4 Å². The fourth-order valence-corrected chi connectivity index (χ4v) is 3.22. The number of imidazole rings is 1. The van der Waals surface area contributed by atoms with Crippen LogP contribution in [-0.2, 0) is 13.2 Å². The fraction of sp³-hybridized carbons (Fsp3) is 0.211. The normalized spacial score (nSPS) is 12.5. The van der Waals surface area contributed by atoms with Crippen molar-refractivity contribution in [3.05, 3.63) is 80.9 Å². The van der Waals surface area contributed by atoms with Crippen molar-refractivity contribution in [2.75, 3.05) is 12.4 Å². The van der Waals surface area contributed by atoms with Crippen molar-refractivity contribution >= 4 is 23.0 Å². The van der Waals surface area contributed by atoms with Crippen LogP contribution in [0.4, 0.5) is 24.5 Å². The van der Waals surface area contributed by atoms with E-state index in [1.54, 1.807) is 48.3 Å². The molecule has 1 atom stereocenters. The zero-order valence-electron chi connectivity index (χ0n) is 15.8. The van der Waals surface area contributed by atoms with E-state index in [-0.39, 0.29) is 5.69 Å². The molecule has 3 aromatic rings. The quantitative estimate of drug-likeness (QED) is 0.420. The molecule has 1 heterocycles. The van der Waals surface area contributed by atoms with Crippen molar-refractivity contribution in [1.29, 1.82) is 0 Å². The summed E-state index contributed by atoms with van der Waals surface area (Å²) in [7, 11) is 3.24. The van der Waals surface area contributed by atoms with Crippen LogP contribution in [0.1, 0.15) is 23.0 Å². The zero-order valence-corrected chi connectivity index (χ0v) is 16.5. The van der Waals surface area contributed by atoms with Crippen molar-refractivity contribution in [1.82, 2.24) is 9.55 Å². The van der Waals surface area contributed by atoms with Crippen LogP contribution in [0.3, 0.4) is 0 Å². The lowest BCUT2D eigenvalue weighted by molar-refractivity contribution is -0.384. The first-order chi connectivity index (χ1) is 14.1. The van der Waals surface area contributed by atoms with E-state index in [4.69, 9.17) is 16.3 Å². The Morgan fingerprint density at radius 2 is 1.93 bits per heavy atom. The van der Waals surface area contributed by atoms with Crippen LogP contribution in [0.15, 0.2) is 48.8 Å². The summed E-state index contributed by atoms with van der Waals surface area (Å²) < 4.78 is 46.3. The second kappa shape index (κ2) is 8.23. The summed E-state index contributed by atoms with van der Waals surface area (Å²) >= 11 is 5.80. The van der Waals surface area contributed by atoms with E-state index in [0.29, 0.717) is 23.2 Å². The molecule has 0 fully saturated rings. The molecule has 0 spiro atoms. The van der Waals surface area contributed by atoms with Crippen LogP contribution < -0.4 is 10.1 Å². The molecule has 0 aliphatic heterocycles. The maximum absolute atomic E-state index is 13.1. The highest BCUT2D eigenvalue weighted by molar-refractivity contribution is 6.31. The minimum Gasteiger partial charge on any atom is -0.497 e. The van der Waals surface area contributed by atoms with Crippen LogP contribution in [0, 0.1) is 10.1 Å². The van der Waals surface area contributed by atoms with E-state index in [1.165, 1.54) is 7.11 Å². The number of methoxy groups -OCH3 is 1. The molecule has 1 aromatic heterocycles. The number of nitro benzene ring substituents is 1. The van der Waals surface area contributed by atoms with Gasteiger partial charge in [0.15, 0.2) is 0 Å². The van der Waals surface area contributed by atoms with Gasteiger partial charge in [0.1, 0.15) is 23.3 Å². The summed E-state index contributed by atoms with van der Waals surface area (Å²) in [6.45, 7) is 0. The lowest BCUT2D eigenvalue weighted by Gasteiger charge is -2.21. The first-order valence-corrected chi connectivity index (χ1v) is 8.92. The molecule has 3 rings (SSSR count). The molecule has 0 unspecified atom stereocenters. The Balaban J connectivity index is 2.11. The molecule has 0 bridgehead atoms. The van der Waals surface area contributed by atoms with E-state index >= 15 is 0 Å². The van der Waals surface area contributed by atoms with Crippen molar-refractivity contribution < 1.29 is 22.8 Å². The van der Waals surface area contributed by atoms with Crippen LogP contribution in [0.25, 0.3) is 0 Å². The summed E-state index contributed by atoms with van der Waals surface area (Å²) in [4.78, 5) is 14.9. The summed E-state index contributed by atoms with van der Waals surface area (Å²) in [6.07, 6.45) is -1.60. The van der Waals surface area contributed by atoms with E-state index in [9.17, 15) is 23.3 Å². The Hall–Kier alpha value is -3.27. The number of aryl methyl sites for hydroxylation is 1. The van der Waals surface area contributed by atoms with Gasteiger partial charge in [0.25, 0.3) is 5.69 Å². The molecule has 0 aliphatic rings. The minimum atomic E-state index is -4.82. The van der Waals surface area contributed by atoms with Crippen LogP contribution in [0.5, 0.6) is 5.75 Å². The maximum Gasteiger partial charge on any atom is 0.418 e. The van der Waals surface area contributed by atoms with Gasteiger partial charge in [-0.15, -0.1) is 0 Å². The van der Waals surface area contributed by atoms with Gasteiger partial charge in [-0.25, -0.2) is 4.98 Å². The number of halogens is 4. The van der Waals surface area contributed by atoms with E-state index in [1.807, 2.05) is 0 Å². The summed E-state index contributed by atoms with van der Waals surface area (Å²) in [5, 5.41) is 13.8. The van der Waals surface area contributed by atoms with Crippen molar-refractivity contribution in [3.8, 4) is 5.75 Å². The van der Waals surface area contributed by atoms with Gasteiger partial charge in [-0.1, -0.05) is 23.7 Å². The van der Waals surface area contributed by atoms with E-state index in [2.05, 4.69) is 10.3 Å². The van der Waals surface area contributed by atoms with Gasteiger partial charge in [0.2, 0.25) is 0 Å². The van der Waals surface area contributed by atoms with Crippen molar-refractivity contribution in [2.24, 2.45) is 7.05 Å². The zero-order chi connectivity index (χ0) is 22.1. The average Bonchev–Trinajstić information content (AvgIpc) is 3.10. The number of nitro groups is 1.